The van der Waals surface area contributed by atoms with Gasteiger partial charge in [-0.2, -0.15) is 0 Å². The lowest BCUT2D eigenvalue weighted by atomic mass is 10.2. The molecule has 0 bridgehead atoms. The van der Waals surface area contributed by atoms with Crippen molar-refractivity contribution in [3.05, 3.63) is 98.5 Å². The third-order valence-electron chi connectivity index (χ3n) is 4.79. The number of amides is 1. The highest BCUT2D eigenvalue weighted by Gasteiger charge is 2.15. The van der Waals surface area contributed by atoms with Gasteiger partial charge >= 0.3 is 0 Å². The highest BCUT2D eigenvalue weighted by molar-refractivity contribution is 5.75. The molecule has 3 aromatic rings. The number of methoxy groups -OCH3 is 1. The zero-order chi connectivity index (χ0) is 23.1. The number of likely N-dealkylation sites (N-methyl/N-ethyl adjacent to an activating group) is 1. The van der Waals surface area contributed by atoms with Crippen molar-refractivity contribution in [3.8, 4) is 11.5 Å². The molecule has 0 unspecified atom stereocenters. The number of benzene rings is 2. The highest BCUT2D eigenvalue weighted by atomic mass is 16.6. The van der Waals surface area contributed by atoms with Gasteiger partial charge in [0.05, 0.1) is 18.2 Å². The van der Waals surface area contributed by atoms with Gasteiger partial charge in [0, 0.05) is 25.7 Å². The van der Waals surface area contributed by atoms with Crippen LogP contribution in [0.25, 0.3) is 0 Å². The number of rotatable bonds is 9. The molecule has 9 nitrogen and oxygen atoms in total. The van der Waals surface area contributed by atoms with Gasteiger partial charge in [0.1, 0.15) is 13.2 Å². The summed E-state index contributed by atoms with van der Waals surface area (Å²) in [5.41, 5.74) is 1.09. The second kappa shape index (κ2) is 10.3. The molecule has 0 radical (unpaired) electrons. The molecule has 0 saturated heterocycles. The number of hydrogen-bond acceptors (Lipinski definition) is 6. The Morgan fingerprint density at radius 3 is 2.50 bits per heavy atom. The van der Waals surface area contributed by atoms with Gasteiger partial charge in [-0.3, -0.25) is 24.3 Å². The quantitative estimate of drug-likeness (QED) is 0.377. The van der Waals surface area contributed by atoms with Crippen LogP contribution in [0, 0.1) is 10.1 Å². The fourth-order valence-corrected chi connectivity index (χ4v) is 3.04. The molecule has 9 heteroatoms. The SMILES string of the molecule is COc1cc(CN(C)C(=O)Cn2cc([N+](=O)[O-])ccc2=O)ccc1OCc1ccccc1. The summed E-state index contributed by atoms with van der Waals surface area (Å²) in [6, 6.07) is 17.3. The van der Waals surface area contributed by atoms with Crippen LogP contribution in [0.1, 0.15) is 11.1 Å². The van der Waals surface area contributed by atoms with Crippen molar-refractivity contribution in [2.45, 2.75) is 19.7 Å². The Labute approximate surface area is 184 Å². The number of aromatic nitrogens is 1. The lowest BCUT2D eigenvalue weighted by Crippen LogP contribution is -2.33. The van der Waals surface area contributed by atoms with Gasteiger partial charge in [-0.25, -0.2) is 0 Å². The Bertz CT molecular complexity index is 1160. The fraction of sp³-hybridized carbons (Fsp3) is 0.217. The Morgan fingerprint density at radius 1 is 1.06 bits per heavy atom. The van der Waals surface area contributed by atoms with Crippen LogP contribution in [0.4, 0.5) is 5.69 Å². The van der Waals surface area contributed by atoms with Crippen molar-refractivity contribution < 1.29 is 19.2 Å². The predicted octanol–water partition coefficient (Wildman–Crippen LogP) is 3.00. The molecule has 166 valence electrons. The third kappa shape index (κ3) is 5.72. The summed E-state index contributed by atoms with van der Waals surface area (Å²) in [5, 5.41) is 10.9. The summed E-state index contributed by atoms with van der Waals surface area (Å²) in [5.74, 6) is 0.752. The molecule has 0 fully saturated rings. The zero-order valence-electron chi connectivity index (χ0n) is 17.8. The van der Waals surface area contributed by atoms with E-state index >= 15 is 0 Å². The van der Waals surface area contributed by atoms with Gasteiger partial charge < -0.3 is 14.4 Å². The van der Waals surface area contributed by atoms with Crippen molar-refractivity contribution >= 4 is 11.6 Å². The smallest absolute Gasteiger partial charge is 0.285 e. The lowest BCUT2D eigenvalue weighted by Gasteiger charge is -2.19. The van der Waals surface area contributed by atoms with Gasteiger partial charge in [-0.1, -0.05) is 36.4 Å². The van der Waals surface area contributed by atoms with E-state index in [2.05, 4.69) is 0 Å². The van der Waals surface area contributed by atoms with Crippen molar-refractivity contribution in [2.24, 2.45) is 0 Å². The van der Waals surface area contributed by atoms with E-state index < -0.39 is 10.5 Å². The Hall–Kier alpha value is -4.14. The largest absolute Gasteiger partial charge is 0.493 e. The van der Waals surface area contributed by atoms with Crippen LogP contribution in [-0.2, 0) is 24.5 Å². The molecule has 1 heterocycles. The molecular weight excluding hydrogens is 414 g/mol. The van der Waals surface area contributed by atoms with E-state index in [1.165, 1.54) is 12.0 Å². The second-order valence-electron chi connectivity index (χ2n) is 7.12. The van der Waals surface area contributed by atoms with Gasteiger partial charge in [0.25, 0.3) is 11.2 Å². The number of nitro groups is 1. The molecule has 0 aliphatic rings. The van der Waals surface area contributed by atoms with E-state index in [9.17, 15) is 19.7 Å². The molecule has 3 rings (SSSR count). The first-order valence-electron chi connectivity index (χ1n) is 9.80. The summed E-state index contributed by atoms with van der Waals surface area (Å²) in [7, 11) is 3.13. The minimum atomic E-state index is -0.613. The van der Waals surface area contributed by atoms with E-state index in [-0.39, 0.29) is 24.7 Å². The van der Waals surface area contributed by atoms with E-state index in [1.54, 1.807) is 19.2 Å². The van der Waals surface area contributed by atoms with E-state index in [0.717, 1.165) is 34.0 Å². The number of nitrogens with zero attached hydrogens (tertiary/aromatic N) is 3. The lowest BCUT2D eigenvalue weighted by molar-refractivity contribution is -0.385. The van der Waals surface area contributed by atoms with Gasteiger partial charge in [0.15, 0.2) is 11.5 Å². The summed E-state index contributed by atoms with van der Waals surface area (Å²) < 4.78 is 12.3. The van der Waals surface area contributed by atoms with Crippen LogP contribution in [-0.4, -0.2) is 34.5 Å². The topological polar surface area (TPSA) is 104 Å². The summed E-state index contributed by atoms with van der Waals surface area (Å²) in [4.78, 5) is 36.2. The average Bonchev–Trinajstić information content (AvgIpc) is 2.79. The van der Waals surface area contributed by atoms with Crippen molar-refractivity contribution in [2.75, 3.05) is 14.2 Å². The standard InChI is InChI=1S/C23H23N3O6/c1-24(23(28)15-25-14-19(26(29)30)9-11-22(25)27)13-18-8-10-20(21(12-18)31-2)32-16-17-6-4-3-5-7-17/h3-12,14H,13,15-16H2,1-2H3. The van der Waals surface area contributed by atoms with E-state index in [4.69, 9.17) is 9.47 Å². The van der Waals surface area contributed by atoms with Crippen molar-refractivity contribution in [3.63, 3.8) is 0 Å². The molecule has 0 saturated carbocycles. The van der Waals surface area contributed by atoms with Crippen molar-refractivity contribution in [1.82, 2.24) is 9.47 Å². The first-order valence-corrected chi connectivity index (χ1v) is 9.80. The minimum absolute atomic E-state index is 0.254. The Balaban J connectivity index is 1.66. The van der Waals surface area contributed by atoms with E-state index in [0.29, 0.717) is 18.1 Å². The van der Waals surface area contributed by atoms with Crippen LogP contribution in [0.3, 0.4) is 0 Å². The van der Waals surface area contributed by atoms with Crippen LogP contribution in [0.15, 0.2) is 71.7 Å². The molecule has 1 aromatic heterocycles. The van der Waals surface area contributed by atoms with Gasteiger partial charge in [-0.05, 0) is 23.3 Å². The van der Waals surface area contributed by atoms with Crippen LogP contribution in [0.5, 0.6) is 11.5 Å². The van der Waals surface area contributed by atoms with Crippen LogP contribution < -0.4 is 15.0 Å². The normalized spacial score (nSPS) is 10.4. The number of pyridine rings is 1. The zero-order valence-corrected chi connectivity index (χ0v) is 17.8. The molecule has 0 aliphatic carbocycles. The van der Waals surface area contributed by atoms with Crippen molar-refractivity contribution in [1.29, 1.82) is 0 Å². The molecule has 0 N–H and O–H groups in total. The van der Waals surface area contributed by atoms with E-state index in [1.807, 2.05) is 36.4 Å². The second-order valence-corrected chi connectivity index (χ2v) is 7.12. The first kappa shape index (κ1) is 22.5. The maximum atomic E-state index is 12.6. The number of ether oxygens (including phenoxy) is 2. The average molecular weight is 437 g/mol. The summed E-state index contributed by atoms with van der Waals surface area (Å²) in [6.07, 6.45) is 1.07. The van der Waals surface area contributed by atoms with Crippen LogP contribution in [0.2, 0.25) is 0 Å². The Kier molecular flexibility index (Phi) is 7.22. The minimum Gasteiger partial charge on any atom is -0.493 e. The molecule has 0 spiro atoms. The monoisotopic (exact) mass is 437 g/mol. The predicted molar refractivity (Wildman–Crippen MR) is 118 cm³/mol. The van der Waals surface area contributed by atoms with Gasteiger partial charge in [0.2, 0.25) is 5.91 Å². The first-order chi connectivity index (χ1) is 15.4. The van der Waals surface area contributed by atoms with Crippen LogP contribution >= 0.6 is 0 Å². The summed E-state index contributed by atoms with van der Waals surface area (Å²) >= 11 is 0. The number of carbonyl (C=O) groups excluding carboxylic acids is 1. The molecule has 0 atom stereocenters. The molecule has 32 heavy (non-hydrogen) atoms. The third-order valence-corrected chi connectivity index (χ3v) is 4.79. The van der Waals surface area contributed by atoms with Gasteiger partial charge in [-0.15, -0.1) is 0 Å². The molecule has 1 amide bonds. The number of carbonyl (C=O) groups is 1. The summed E-state index contributed by atoms with van der Waals surface area (Å²) in [6.45, 7) is 0.358. The molecule has 0 aliphatic heterocycles. The number of hydrogen-bond donors (Lipinski definition) is 0. The highest BCUT2D eigenvalue weighted by Crippen LogP contribution is 2.29. The Morgan fingerprint density at radius 2 is 1.81 bits per heavy atom. The molecule has 2 aromatic carbocycles. The fourth-order valence-electron chi connectivity index (χ4n) is 3.04. The maximum Gasteiger partial charge on any atom is 0.285 e. The maximum absolute atomic E-state index is 12.6. The molecular formula is C23H23N3O6.